The Morgan fingerprint density at radius 3 is 2.41 bits per heavy atom. The quantitative estimate of drug-likeness (QED) is 0.676. The fraction of sp³-hybridized carbons (Fsp3) is 0.200. The van der Waals surface area contributed by atoms with Gasteiger partial charge in [-0.3, -0.25) is 20.4 Å². The fourth-order valence-electron chi connectivity index (χ4n) is 2.55. The van der Waals surface area contributed by atoms with E-state index in [0.29, 0.717) is 22.6 Å². The number of benzene rings is 2. The lowest BCUT2D eigenvalue weighted by Crippen LogP contribution is -2.43. The Kier molecular flexibility index (Phi) is 5.30. The highest BCUT2D eigenvalue weighted by Crippen LogP contribution is 2.28. The van der Waals surface area contributed by atoms with Crippen LogP contribution in [0.5, 0.6) is 11.5 Å². The van der Waals surface area contributed by atoms with E-state index in [-0.39, 0.29) is 12.4 Å². The molecular formula is C20H20N2O5. The topological polar surface area (TPSA) is 89.8 Å². The van der Waals surface area contributed by atoms with Gasteiger partial charge < -0.3 is 13.9 Å². The molecule has 27 heavy (non-hydrogen) atoms. The zero-order valence-electron chi connectivity index (χ0n) is 15.3. The minimum atomic E-state index is -0.550. The average molecular weight is 368 g/mol. The van der Waals surface area contributed by atoms with Gasteiger partial charge in [0, 0.05) is 10.9 Å². The van der Waals surface area contributed by atoms with Gasteiger partial charge in [-0.15, -0.1) is 0 Å². The summed E-state index contributed by atoms with van der Waals surface area (Å²) in [6.07, 6.45) is 0. The van der Waals surface area contributed by atoms with E-state index in [0.717, 1.165) is 10.9 Å². The van der Waals surface area contributed by atoms with E-state index >= 15 is 0 Å². The zero-order chi connectivity index (χ0) is 19.4. The van der Waals surface area contributed by atoms with Crippen molar-refractivity contribution in [3.8, 4) is 11.5 Å². The third-order valence-corrected chi connectivity index (χ3v) is 4.06. The smallest absolute Gasteiger partial charge is 0.305 e. The minimum Gasteiger partial charge on any atom is -0.497 e. The molecule has 1 heterocycles. The Bertz CT molecular complexity index is 976. The van der Waals surface area contributed by atoms with E-state index in [4.69, 9.17) is 13.9 Å². The first kappa shape index (κ1) is 18.3. The SMILES string of the molecule is COc1ccc2oc(C(=O)NNC(=O)COc3ccc(C)cc3)c(C)c2c1. The average Bonchev–Trinajstić information content (AvgIpc) is 3.01. The van der Waals surface area contributed by atoms with Crippen LogP contribution >= 0.6 is 0 Å². The minimum absolute atomic E-state index is 0.123. The van der Waals surface area contributed by atoms with Crippen molar-refractivity contribution < 1.29 is 23.5 Å². The zero-order valence-corrected chi connectivity index (χ0v) is 15.3. The summed E-state index contributed by atoms with van der Waals surface area (Å²) in [6.45, 7) is 3.50. The molecular weight excluding hydrogens is 348 g/mol. The molecule has 0 saturated heterocycles. The van der Waals surface area contributed by atoms with E-state index in [2.05, 4.69) is 10.9 Å². The number of methoxy groups -OCH3 is 1. The van der Waals surface area contributed by atoms with Gasteiger partial charge in [-0.2, -0.15) is 0 Å². The number of hydrogen-bond donors (Lipinski definition) is 2. The normalized spacial score (nSPS) is 10.5. The number of furan rings is 1. The Labute approximate surface area is 156 Å². The van der Waals surface area contributed by atoms with Gasteiger partial charge in [0.25, 0.3) is 5.91 Å². The molecule has 7 nitrogen and oxygen atoms in total. The van der Waals surface area contributed by atoms with Crippen LogP contribution in [0.1, 0.15) is 21.7 Å². The van der Waals surface area contributed by atoms with Crippen LogP contribution in [0.2, 0.25) is 0 Å². The number of carbonyl (C=O) groups excluding carboxylic acids is 2. The summed E-state index contributed by atoms with van der Waals surface area (Å²) in [5, 5.41) is 0.772. The van der Waals surface area contributed by atoms with Crippen molar-refractivity contribution in [2.45, 2.75) is 13.8 Å². The Morgan fingerprint density at radius 1 is 1.00 bits per heavy atom. The van der Waals surface area contributed by atoms with E-state index in [1.54, 1.807) is 44.4 Å². The van der Waals surface area contributed by atoms with E-state index in [1.165, 1.54) is 0 Å². The highest BCUT2D eigenvalue weighted by molar-refractivity contribution is 5.99. The summed E-state index contributed by atoms with van der Waals surface area (Å²) in [5.74, 6) is 0.327. The van der Waals surface area contributed by atoms with Crippen molar-refractivity contribution >= 4 is 22.8 Å². The number of hydrazine groups is 1. The first-order valence-electron chi connectivity index (χ1n) is 8.33. The molecule has 3 rings (SSSR count). The van der Waals surface area contributed by atoms with E-state index in [1.807, 2.05) is 19.1 Å². The molecule has 2 aromatic carbocycles. The van der Waals surface area contributed by atoms with Gasteiger partial charge in [-0.05, 0) is 44.2 Å². The summed E-state index contributed by atoms with van der Waals surface area (Å²) in [5.41, 5.74) is 6.96. The standard InChI is InChI=1S/C20H20N2O5/c1-12-4-6-14(7-5-12)26-11-18(23)21-22-20(24)19-13(2)16-10-15(25-3)8-9-17(16)27-19/h4-10H,11H2,1-3H3,(H,21,23)(H,22,24). The second-order valence-electron chi connectivity index (χ2n) is 6.02. The van der Waals surface area contributed by atoms with Crippen LogP contribution in [0.3, 0.4) is 0 Å². The first-order valence-corrected chi connectivity index (χ1v) is 8.33. The predicted molar refractivity (Wildman–Crippen MR) is 99.8 cm³/mol. The molecule has 0 aliphatic rings. The molecule has 0 fully saturated rings. The number of aryl methyl sites for hydroxylation is 2. The Balaban J connectivity index is 1.58. The molecule has 0 spiro atoms. The molecule has 0 bridgehead atoms. The first-order chi connectivity index (χ1) is 13.0. The maximum atomic E-state index is 12.3. The van der Waals surface area contributed by atoms with Crippen LogP contribution in [-0.2, 0) is 4.79 Å². The summed E-state index contributed by atoms with van der Waals surface area (Å²) in [6, 6.07) is 12.6. The van der Waals surface area contributed by atoms with Crippen molar-refractivity contribution in [1.29, 1.82) is 0 Å². The third-order valence-electron chi connectivity index (χ3n) is 4.06. The largest absolute Gasteiger partial charge is 0.497 e. The van der Waals surface area contributed by atoms with Crippen LogP contribution < -0.4 is 20.3 Å². The number of amides is 2. The Morgan fingerprint density at radius 2 is 1.70 bits per heavy atom. The molecule has 0 aliphatic heterocycles. The molecule has 1 aromatic heterocycles. The molecule has 0 saturated carbocycles. The van der Waals surface area contributed by atoms with Gasteiger partial charge in [0.05, 0.1) is 7.11 Å². The van der Waals surface area contributed by atoms with Crippen molar-refractivity contribution in [1.82, 2.24) is 10.9 Å². The molecule has 0 aliphatic carbocycles. The van der Waals surface area contributed by atoms with Gasteiger partial charge in [0.15, 0.2) is 12.4 Å². The Hall–Kier alpha value is -3.48. The van der Waals surface area contributed by atoms with Crippen LogP contribution in [0, 0.1) is 13.8 Å². The molecule has 3 aromatic rings. The highest BCUT2D eigenvalue weighted by Gasteiger charge is 2.18. The predicted octanol–water partition coefficient (Wildman–Crippen LogP) is 2.90. The number of fused-ring (bicyclic) bond motifs is 1. The van der Waals surface area contributed by atoms with Crippen LogP contribution in [0.25, 0.3) is 11.0 Å². The van der Waals surface area contributed by atoms with Crippen molar-refractivity contribution in [3.05, 3.63) is 59.4 Å². The van der Waals surface area contributed by atoms with E-state index < -0.39 is 11.8 Å². The molecule has 140 valence electrons. The third kappa shape index (κ3) is 4.20. The summed E-state index contributed by atoms with van der Waals surface area (Å²) >= 11 is 0. The number of rotatable bonds is 5. The number of hydrogen-bond acceptors (Lipinski definition) is 5. The van der Waals surface area contributed by atoms with E-state index in [9.17, 15) is 9.59 Å². The summed E-state index contributed by atoms with van der Waals surface area (Å²) in [4.78, 5) is 24.2. The maximum absolute atomic E-state index is 12.3. The van der Waals surface area contributed by atoms with Crippen molar-refractivity contribution in [2.24, 2.45) is 0 Å². The number of ether oxygens (including phenoxy) is 2. The van der Waals surface area contributed by atoms with Gasteiger partial charge in [-0.1, -0.05) is 17.7 Å². The lowest BCUT2D eigenvalue weighted by molar-refractivity contribution is -0.123. The lowest BCUT2D eigenvalue weighted by Gasteiger charge is -2.08. The van der Waals surface area contributed by atoms with Gasteiger partial charge in [0.2, 0.25) is 0 Å². The number of nitrogens with one attached hydrogen (secondary N) is 2. The fourth-order valence-corrected chi connectivity index (χ4v) is 2.55. The molecule has 2 N–H and O–H groups in total. The maximum Gasteiger partial charge on any atom is 0.305 e. The van der Waals surface area contributed by atoms with Crippen LogP contribution in [0.4, 0.5) is 0 Å². The molecule has 0 unspecified atom stereocenters. The molecule has 0 radical (unpaired) electrons. The molecule has 7 heteroatoms. The highest BCUT2D eigenvalue weighted by atomic mass is 16.5. The van der Waals surface area contributed by atoms with Crippen molar-refractivity contribution in [2.75, 3.05) is 13.7 Å². The summed E-state index contributed by atoms with van der Waals surface area (Å²) < 4.78 is 16.1. The van der Waals surface area contributed by atoms with Gasteiger partial charge >= 0.3 is 5.91 Å². The van der Waals surface area contributed by atoms with Crippen molar-refractivity contribution in [3.63, 3.8) is 0 Å². The number of carbonyl (C=O) groups is 2. The second kappa shape index (κ2) is 7.82. The monoisotopic (exact) mass is 368 g/mol. The van der Waals surface area contributed by atoms with Crippen LogP contribution in [-0.4, -0.2) is 25.5 Å². The lowest BCUT2D eigenvalue weighted by atomic mass is 10.1. The summed E-state index contributed by atoms with van der Waals surface area (Å²) in [7, 11) is 1.57. The second-order valence-corrected chi connectivity index (χ2v) is 6.02. The van der Waals surface area contributed by atoms with Gasteiger partial charge in [-0.25, -0.2) is 0 Å². The van der Waals surface area contributed by atoms with Crippen LogP contribution in [0.15, 0.2) is 46.9 Å². The molecule has 2 amide bonds. The van der Waals surface area contributed by atoms with Gasteiger partial charge in [0.1, 0.15) is 17.1 Å². The molecule has 0 atom stereocenters.